The number of hydrogen-bond donors (Lipinski definition) is 2. The number of carbonyl (C=O) groups is 1. The highest BCUT2D eigenvalue weighted by Gasteiger charge is 2.57. The number of nitrogens with one attached hydrogen (secondary N) is 1. The van der Waals surface area contributed by atoms with E-state index in [1.165, 1.54) is 18.1 Å². The zero-order valence-corrected chi connectivity index (χ0v) is 39.0. The number of methoxy groups -OCH3 is 3. The molecule has 0 amide bonds. The molecule has 2 fully saturated rings. The second-order valence-electron chi connectivity index (χ2n) is 15.3. The number of rotatable bonds is 21. The Balaban J connectivity index is 1.21. The molecule has 65 heavy (non-hydrogen) atoms. The molecule has 8 rings (SSSR count). The first-order valence-electron chi connectivity index (χ1n) is 21.3. The van der Waals surface area contributed by atoms with Gasteiger partial charge in [0.25, 0.3) is 5.56 Å². The molecule has 0 spiro atoms. The Hall–Kier alpha value is -4.81. The lowest BCUT2D eigenvalue weighted by Crippen LogP contribution is -2.51. The molecule has 3 unspecified atom stereocenters. The van der Waals surface area contributed by atoms with Gasteiger partial charge in [-0.1, -0.05) is 108 Å². The third-order valence-corrected chi connectivity index (χ3v) is 16.6. The average molecular weight is 941 g/mol. The Morgan fingerprint density at radius 1 is 0.877 bits per heavy atom. The molecule has 4 heterocycles. The van der Waals surface area contributed by atoms with Crippen LogP contribution in [0.3, 0.4) is 0 Å². The summed E-state index contributed by atoms with van der Waals surface area (Å²) >= 11 is 2.97. The van der Waals surface area contributed by atoms with E-state index in [0.29, 0.717) is 28.6 Å². The maximum atomic E-state index is 13.2. The highest BCUT2D eigenvalue weighted by Crippen LogP contribution is 2.59. The van der Waals surface area contributed by atoms with Crippen molar-refractivity contribution in [1.29, 1.82) is 0 Å². The van der Waals surface area contributed by atoms with Gasteiger partial charge >= 0.3 is 0 Å². The van der Waals surface area contributed by atoms with Crippen molar-refractivity contribution in [3.05, 3.63) is 148 Å². The first-order valence-corrected chi connectivity index (χ1v) is 25.1. The highest BCUT2D eigenvalue weighted by atomic mass is 32.7. The minimum Gasteiger partial charge on any atom is -0.497 e. The summed E-state index contributed by atoms with van der Waals surface area (Å²) in [7, 11) is 3.51. The van der Waals surface area contributed by atoms with Gasteiger partial charge in [0.2, 0.25) is 16.8 Å². The Bertz CT molecular complexity index is 2480. The van der Waals surface area contributed by atoms with Gasteiger partial charge in [-0.2, -0.15) is 4.98 Å². The number of nitrogens with zero attached hydrogens (tertiary/aromatic N) is 4. The van der Waals surface area contributed by atoms with Crippen molar-refractivity contribution < 1.29 is 37.7 Å². The Morgan fingerprint density at radius 3 is 2.14 bits per heavy atom. The maximum absolute atomic E-state index is 13.2. The van der Waals surface area contributed by atoms with Crippen molar-refractivity contribution in [2.45, 2.75) is 36.4 Å². The molecule has 0 bridgehead atoms. The normalized spacial score (nSPS) is 19.4. The van der Waals surface area contributed by atoms with Crippen molar-refractivity contribution >= 4 is 52.9 Å². The van der Waals surface area contributed by atoms with Crippen LogP contribution in [0.25, 0.3) is 11.2 Å². The van der Waals surface area contributed by atoms with Crippen molar-refractivity contribution in [3.63, 3.8) is 0 Å². The molecule has 0 aliphatic carbocycles. The maximum Gasteiger partial charge on any atom is 0.280 e. The van der Waals surface area contributed by atoms with E-state index in [4.69, 9.17) is 38.7 Å². The van der Waals surface area contributed by atoms with Crippen molar-refractivity contribution in [3.8, 4) is 11.5 Å². The fraction of sp³-hybridized carbons (Fsp3) is 0.362. The van der Waals surface area contributed by atoms with E-state index in [0.717, 1.165) is 42.6 Å². The second kappa shape index (κ2) is 21.7. The van der Waals surface area contributed by atoms with Crippen LogP contribution in [0.2, 0.25) is 0 Å². The van der Waals surface area contributed by atoms with Gasteiger partial charge in [-0.05, 0) is 53.8 Å². The van der Waals surface area contributed by atoms with Crippen molar-refractivity contribution in [1.82, 2.24) is 24.2 Å². The zero-order chi connectivity index (χ0) is 45.2. The van der Waals surface area contributed by atoms with Crippen LogP contribution in [0.1, 0.15) is 39.9 Å². The number of benzene rings is 4. The summed E-state index contributed by atoms with van der Waals surface area (Å²) in [5.41, 5.74) is 6.64. The molecule has 4 atom stereocenters. The molecular weight excluding hydrogens is 888 g/mol. The number of nitrogen functional groups attached to an aromatic ring is 1. The molecule has 342 valence electrons. The molecule has 0 radical (unpaired) electrons. The number of H-pyrrole nitrogens is 1. The topological polar surface area (TPSA) is 175 Å². The third kappa shape index (κ3) is 10.1. The van der Waals surface area contributed by atoms with Crippen LogP contribution < -0.4 is 20.8 Å². The quantitative estimate of drug-likeness (QED) is 0.0413. The van der Waals surface area contributed by atoms with E-state index in [9.17, 15) is 9.59 Å². The number of anilines is 1. The summed E-state index contributed by atoms with van der Waals surface area (Å²) < 4.78 is 49.5. The van der Waals surface area contributed by atoms with Crippen LogP contribution >= 0.6 is 30.6 Å². The van der Waals surface area contributed by atoms with E-state index < -0.39 is 36.6 Å². The van der Waals surface area contributed by atoms with Crippen LogP contribution in [-0.2, 0) is 34.8 Å². The molecule has 15 nitrogen and oxygen atoms in total. The molecule has 2 aliphatic rings. The van der Waals surface area contributed by atoms with E-state index >= 15 is 0 Å². The van der Waals surface area contributed by atoms with Gasteiger partial charge in [-0.15, -0.1) is 0 Å². The SMILES string of the molecule is COCCOC1(n2cnc3c(=O)[nH]c(N)nc32)CO[C@H](COC(c2ccccc2)(c2ccc(OC)cc2)c2ccc(OC)cc2)C1OP(SCCSC(=O)c1ccccc1)N1CCCC1. The van der Waals surface area contributed by atoms with E-state index in [2.05, 4.69) is 19.6 Å². The van der Waals surface area contributed by atoms with Gasteiger partial charge in [0.1, 0.15) is 29.3 Å². The molecule has 3 N–H and O–H groups in total. The van der Waals surface area contributed by atoms with Crippen LogP contribution in [0.15, 0.2) is 120 Å². The molecule has 6 aromatic rings. The summed E-state index contributed by atoms with van der Waals surface area (Å²) in [6.45, 7) is 2.08. The standard InChI is InChI=1S/C47H53N6O9PS2/c1-56-26-27-60-46(53-32-49-40-42(53)50-45(48)51-43(40)54)31-59-39(41(46)62-63(52-24-10-11-25-52)65-29-28-64-44(55)33-12-6-4-7-13-33)30-61-47(34-14-8-5-9-15-34,35-16-20-37(57-2)21-17-35)36-18-22-38(58-3)23-19-36/h4-9,12-23,32,39,41H,10-11,24-31H2,1-3H3,(H3,48,50,51,54)/t39-,41?,46?,63?/m1/s1. The van der Waals surface area contributed by atoms with Gasteiger partial charge in [0, 0.05) is 37.3 Å². The molecule has 2 aliphatic heterocycles. The molecule has 2 saturated heterocycles. The Morgan fingerprint density at radius 2 is 1.51 bits per heavy atom. The lowest BCUT2D eigenvalue weighted by molar-refractivity contribution is -0.157. The van der Waals surface area contributed by atoms with E-state index in [-0.39, 0.29) is 48.7 Å². The Kier molecular flexibility index (Phi) is 15.6. The summed E-state index contributed by atoms with van der Waals surface area (Å²) in [4.78, 5) is 38.0. The number of aromatic amines is 1. The predicted octanol–water partition coefficient (Wildman–Crippen LogP) is 7.46. The summed E-state index contributed by atoms with van der Waals surface area (Å²) in [6.07, 6.45) is 1.96. The minimum absolute atomic E-state index is 0.0189. The minimum atomic E-state index is -1.43. The van der Waals surface area contributed by atoms with E-state index in [1.54, 1.807) is 37.3 Å². The van der Waals surface area contributed by atoms with Crippen LogP contribution in [0.5, 0.6) is 11.5 Å². The number of aromatic nitrogens is 4. The van der Waals surface area contributed by atoms with Gasteiger partial charge in [0.05, 0.1) is 47.0 Å². The molecule has 2 aromatic heterocycles. The number of hydrogen-bond acceptors (Lipinski definition) is 15. The first-order chi connectivity index (χ1) is 31.8. The number of fused-ring (bicyclic) bond motifs is 1. The van der Waals surface area contributed by atoms with E-state index in [1.807, 2.05) is 109 Å². The monoisotopic (exact) mass is 940 g/mol. The number of thioether (sulfide) groups is 1. The summed E-state index contributed by atoms with van der Waals surface area (Å²) in [5.74, 6) is 2.56. The fourth-order valence-corrected chi connectivity index (χ4v) is 13.5. The fourth-order valence-electron chi connectivity index (χ4n) is 8.21. The average Bonchev–Trinajstić information content (AvgIpc) is 4.12. The van der Waals surface area contributed by atoms with Crippen LogP contribution in [-0.4, -0.2) is 114 Å². The predicted molar refractivity (Wildman–Crippen MR) is 255 cm³/mol. The molecule has 4 aromatic carbocycles. The summed E-state index contributed by atoms with van der Waals surface area (Å²) in [5, 5.41) is 0.0222. The number of imidazole rings is 1. The number of nitrogens with two attached hydrogens (primary N) is 1. The Labute approximate surface area is 387 Å². The zero-order valence-electron chi connectivity index (χ0n) is 36.5. The first kappa shape index (κ1) is 46.7. The smallest absolute Gasteiger partial charge is 0.280 e. The lowest BCUT2D eigenvalue weighted by Gasteiger charge is -2.40. The van der Waals surface area contributed by atoms with Gasteiger partial charge in [-0.25, -0.2) is 4.98 Å². The molecule has 0 saturated carbocycles. The number of ether oxygens (including phenoxy) is 6. The lowest BCUT2D eigenvalue weighted by atomic mass is 9.80. The van der Waals surface area contributed by atoms with Crippen LogP contribution in [0.4, 0.5) is 5.95 Å². The van der Waals surface area contributed by atoms with Gasteiger partial charge in [0.15, 0.2) is 18.7 Å². The largest absolute Gasteiger partial charge is 0.497 e. The second-order valence-corrected chi connectivity index (χ2v) is 20.0. The highest BCUT2D eigenvalue weighted by molar-refractivity contribution is 8.53. The van der Waals surface area contributed by atoms with Crippen molar-refractivity contribution in [2.75, 3.05) is 78.1 Å². The molecule has 18 heteroatoms. The van der Waals surface area contributed by atoms with Gasteiger partial charge in [-0.3, -0.25) is 23.8 Å². The van der Waals surface area contributed by atoms with Crippen molar-refractivity contribution in [2.24, 2.45) is 0 Å². The third-order valence-electron chi connectivity index (χ3n) is 11.4. The van der Waals surface area contributed by atoms with Crippen LogP contribution in [0, 0.1) is 0 Å². The summed E-state index contributed by atoms with van der Waals surface area (Å²) in [6, 6.07) is 35.1. The van der Waals surface area contributed by atoms with Gasteiger partial charge < -0.3 is 38.7 Å². The molecular formula is C47H53N6O9PS2. The number of carbonyl (C=O) groups excluding carboxylic acids is 1.